The number of nitrogens with two attached hydrogens (primary N) is 1. The van der Waals surface area contributed by atoms with Crippen LogP contribution in [0.1, 0.15) is 38.2 Å². The Labute approximate surface area is 163 Å². The predicted octanol–water partition coefficient (Wildman–Crippen LogP) is 3.17. The van der Waals surface area contributed by atoms with E-state index in [1.54, 1.807) is 6.92 Å². The van der Waals surface area contributed by atoms with E-state index in [-0.39, 0.29) is 17.5 Å². The molecule has 1 amide bonds. The zero-order chi connectivity index (χ0) is 20.2. The number of benzene rings is 1. The molecule has 0 aromatic heterocycles. The minimum absolute atomic E-state index is 0.0576. The third kappa shape index (κ3) is 8.26. The Balaban J connectivity index is 2.65. The van der Waals surface area contributed by atoms with Crippen molar-refractivity contribution in [2.75, 3.05) is 11.9 Å². The monoisotopic (exact) mass is 369 g/mol. The summed E-state index contributed by atoms with van der Waals surface area (Å²) in [5.41, 5.74) is 8.40. The van der Waals surface area contributed by atoms with E-state index >= 15 is 0 Å². The van der Waals surface area contributed by atoms with Crippen LogP contribution < -0.4 is 16.4 Å². The first kappa shape index (κ1) is 22.7. The molecule has 27 heavy (non-hydrogen) atoms. The van der Waals surface area contributed by atoms with Crippen LogP contribution in [0.15, 0.2) is 48.9 Å². The van der Waals surface area contributed by atoms with Gasteiger partial charge in [0.2, 0.25) is 0 Å². The molecule has 2 atom stereocenters. The molecule has 0 aliphatic rings. The number of hydrogen-bond acceptors (Lipinski definition) is 4. The van der Waals surface area contributed by atoms with Crippen LogP contribution in [0.3, 0.4) is 0 Å². The van der Waals surface area contributed by atoms with Gasteiger partial charge >= 0.3 is 138 Å². The molecule has 0 spiro atoms. The summed E-state index contributed by atoms with van der Waals surface area (Å²) in [7, 11) is 0. The average molecular weight is 369 g/mol. The van der Waals surface area contributed by atoms with Crippen LogP contribution in [0.4, 0.5) is 5.69 Å². The van der Waals surface area contributed by atoms with Gasteiger partial charge in [-0.05, 0) is 19.4 Å². The van der Waals surface area contributed by atoms with Crippen LogP contribution in [-0.2, 0) is 11.2 Å². The standard InChI is InChI=1S/C21H32BN3O2/c1-5-19(22-4)21(27)25-20(16(3)26)14-17-9-11-18(12-10-17)24-15(2)8-6-7-13-23/h9-12,19-20,24,26H,2-8,13-14,23H2,1H3,(H,25,27)/t19-,20-/m0/s1. The number of aliphatic hydroxyl groups is 1. The SMILES string of the molecule is C=B[C@@H](CC)C(=O)N[C@@H](Cc1ccc(NC(=C)CCCCN)cc1)C(=C)O. The van der Waals surface area contributed by atoms with Crippen LogP contribution in [0.2, 0.25) is 5.82 Å². The molecule has 0 bridgehead atoms. The number of aliphatic hydroxyl groups excluding tert-OH is 1. The fourth-order valence-corrected chi connectivity index (χ4v) is 2.70. The van der Waals surface area contributed by atoms with Gasteiger partial charge in [0.05, 0.1) is 0 Å². The summed E-state index contributed by atoms with van der Waals surface area (Å²) in [4.78, 5) is 12.2. The molecule has 6 heteroatoms. The molecule has 0 saturated carbocycles. The maximum absolute atomic E-state index is 12.2. The number of unbranched alkanes of at least 4 members (excludes halogenated alkanes) is 1. The van der Waals surface area contributed by atoms with Crippen molar-refractivity contribution >= 4 is 25.0 Å². The molecule has 0 radical (unpaired) electrons. The second-order valence-electron chi connectivity index (χ2n) is 6.68. The Morgan fingerprint density at radius 3 is 2.44 bits per heavy atom. The molecular weight excluding hydrogens is 337 g/mol. The van der Waals surface area contributed by atoms with Crippen LogP contribution >= 0.6 is 0 Å². The van der Waals surface area contributed by atoms with Crippen molar-refractivity contribution in [2.24, 2.45) is 5.73 Å². The fraction of sp³-hybridized carbons (Fsp3) is 0.429. The Kier molecular flexibility index (Phi) is 10.2. The normalized spacial score (nSPS) is 12.5. The van der Waals surface area contributed by atoms with Gasteiger partial charge in [-0.1, -0.05) is 0 Å². The summed E-state index contributed by atoms with van der Waals surface area (Å²) in [5.74, 6) is -0.485. The maximum atomic E-state index is 12.2. The fourth-order valence-electron chi connectivity index (χ4n) is 2.70. The van der Waals surface area contributed by atoms with Crippen molar-refractivity contribution in [1.82, 2.24) is 5.32 Å². The minimum atomic E-state index is -0.531. The van der Waals surface area contributed by atoms with Gasteiger partial charge in [-0.15, -0.1) is 0 Å². The van der Waals surface area contributed by atoms with E-state index in [9.17, 15) is 9.90 Å². The van der Waals surface area contributed by atoms with E-state index in [0.29, 0.717) is 19.4 Å². The van der Waals surface area contributed by atoms with Gasteiger partial charge in [0.1, 0.15) is 0 Å². The summed E-state index contributed by atoms with van der Waals surface area (Å²) in [6.45, 7) is 15.5. The summed E-state index contributed by atoms with van der Waals surface area (Å²) in [6.07, 6.45) is 4.02. The summed E-state index contributed by atoms with van der Waals surface area (Å²) in [5, 5.41) is 16.0. The van der Waals surface area contributed by atoms with Gasteiger partial charge in [0.25, 0.3) is 0 Å². The number of allylic oxidation sites excluding steroid dienone is 1. The number of rotatable bonds is 13. The molecule has 0 saturated heterocycles. The van der Waals surface area contributed by atoms with Crippen LogP contribution in [0.25, 0.3) is 0 Å². The number of nitrogens with one attached hydrogen (secondary N) is 2. The van der Waals surface area contributed by atoms with Gasteiger partial charge in [0, 0.05) is 0 Å². The number of hydrogen-bond donors (Lipinski definition) is 4. The summed E-state index contributed by atoms with van der Waals surface area (Å²) >= 11 is 0. The average Bonchev–Trinajstić information content (AvgIpc) is 2.64. The van der Waals surface area contributed by atoms with Gasteiger partial charge in [0.15, 0.2) is 0 Å². The van der Waals surface area contributed by atoms with Crippen LogP contribution in [0.5, 0.6) is 0 Å². The first-order chi connectivity index (χ1) is 12.9. The summed E-state index contributed by atoms with van der Waals surface area (Å²) in [6, 6.07) is 7.31. The van der Waals surface area contributed by atoms with E-state index in [4.69, 9.17) is 5.73 Å². The van der Waals surface area contributed by atoms with Gasteiger partial charge in [-0.25, -0.2) is 0 Å². The molecule has 5 N–H and O–H groups in total. The molecule has 0 aliphatic heterocycles. The number of anilines is 1. The third-order valence-corrected chi connectivity index (χ3v) is 4.43. The van der Waals surface area contributed by atoms with Crippen molar-refractivity contribution in [3.63, 3.8) is 0 Å². The first-order valence-corrected chi connectivity index (χ1v) is 9.45. The van der Waals surface area contributed by atoms with Gasteiger partial charge in [-0.2, -0.15) is 0 Å². The van der Waals surface area contributed by atoms with E-state index < -0.39 is 6.04 Å². The van der Waals surface area contributed by atoms with Crippen LogP contribution in [0, 0.1) is 0 Å². The van der Waals surface area contributed by atoms with Gasteiger partial charge in [-0.3, -0.25) is 0 Å². The number of amides is 1. The molecule has 146 valence electrons. The Morgan fingerprint density at radius 1 is 1.26 bits per heavy atom. The molecule has 0 fully saturated rings. The molecule has 1 rings (SSSR count). The Morgan fingerprint density at radius 2 is 1.93 bits per heavy atom. The molecule has 0 unspecified atom stereocenters. The molecule has 5 nitrogen and oxygen atoms in total. The summed E-state index contributed by atoms with van der Waals surface area (Å²) < 4.78 is 0. The molecular formula is C21H32BN3O2. The van der Waals surface area contributed by atoms with E-state index in [1.807, 2.05) is 31.2 Å². The van der Waals surface area contributed by atoms with Crippen molar-refractivity contribution in [3.8, 4) is 0 Å². The van der Waals surface area contributed by atoms with Crippen molar-refractivity contribution in [2.45, 2.75) is 50.9 Å². The van der Waals surface area contributed by atoms with E-state index in [1.165, 1.54) is 0 Å². The van der Waals surface area contributed by atoms with Crippen molar-refractivity contribution in [1.29, 1.82) is 0 Å². The second kappa shape index (κ2) is 12.1. The Bertz CT molecular complexity index is 643. The zero-order valence-electron chi connectivity index (χ0n) is 16.3. The number of carbonyl (C=O) groups excluding carboxylic acids is 1. The van der Waals surface area contributed by atoms with Crippen molar-refractivity contribution in [3.05, 3.63) is 54.4 Å². The quantitative estimate of drug-likeness (QED) is 0.244. The molecule has 1 aromatic carbocycles. The van der Waals surface area contributed by atoms with Gasteiger partial charge < -0.3 is 5.73 Å². The topological polar surface area (TPSA) is 87.4 Å². The number of carbonyl (C=O) groups is 1. The second-order valence-corrected chi connectivity index (χ2v) is 6.68. The first-order valence-electron chi connectivity index (χ1n) is 9.45. The Hall–Kier alpha value is -2.34. The zero-order valence-corrected chi connectivity index (χ0v) is 16.3. The van der Waals surface area contributed by atoms with Crippen molar-refractivity contribution < 1.29 is 9.90 Å². The van der Waals surface area contributed by atoms with Crippen LogP contribution in [-0.4, -0.2) is 37.0 Å². The molecule has 0 heterocycles. The third-order valence-electron chi connectivity index (χ3n) is 4.43. The van der Waals surface area contributed by atoms with E-state index in [0.717, 1.165) is 36.2 Å². The molecule has 0 aliphatic carbocycles. The predicted molar refractivity (Wildman–Crippen MR) is 116 cm³/mol. The van der Waals surface area contributed by atoms with E-state index in [2.05, 4.69) is 30.3 Å². The molecule has 1 aromatic rings.